The van der Waals surface area contributed by atoms with Crippen LogP contribution in [0.1, 0.15) is 74.4 Å². The Morgan fingerprint density at radius 2 is 1.87 bits per heavy atom. The molecule has 0 atom stereocenters. The number of nitrogens with zero attached hydrogens (tertiary/aromatic N) is 3. The zero-order valence-corrected chi connectivity index (χ0v) is 21.6. The van der Waals surface area contributed by atoms with E-state index in [-0.39, 0.29) is 0 Å². The Labute approximate surface area is 198 Å². The standard InChI is InChI=1S/C26H41N3S2/c1-21(2)25-12-11-22(20-24-10-9-19-30-24)26(27-25)31-18-8-6-5-7-15-29-16-13-23(14-17-29)28(3)4/h9-12,19,21,23H,5-8,13-18,20H2,1-4H3. The average molecular weight is 460 g/mol. The molecule has 1 saturated heterocycles. The Kier molecular flexibility index (Phi) is 10.4. The van der Waals surface area contributed by atoms with E-state index < -0.39 is 0 Å². The first-order valence-electron chi connectivity index (χ1n) is 12.1. The van der Waals surface area contributed by atoms with Gasteiger partial charge < -0.3 is 9.80 Å². The number of hydrogen-bond donors (Lipinski definition) is 0. The first-order valence-corrected chi connectivity index (χ1v) is 13.9. The van der Waals surface area contributed by atoms with Crippen LogP contribution < -0.4 is 0 Å². The van der Waals surface area contributed by atoms with Crippen molar-refractivity contribution in [3.05, 3.63) is 45.8 Å². The molecule has 3 rings (SSSR count). The van der Waals surface area contributed by atoms with E-state index in [1.54, 1.807) is 0 Å². The highest BCUT2D eigenvalue weighted by Crippen LogP contribution is 2.28. The molecule has 0 amide bonds. The molecule has 0 aliphatic carbocycles. The van der Waals surface area contributed by atoms with Crippen LogP contribution in [0.4, 0.5) is 0 Å². The van der Waals surface area contributed by atoms with Crippen molar-refractivity contribution in [2.75, 3.05) is 39.5 Å². The highest BCUT2D eigenvalue weighted by Gasteiger charge is 2.19. The van der Waals surface area contributed by atoms with Crippen LogP contribution in [-0.4, -0.2) is 60.3 Å². The third-order valence-corrected chi connectivity index (χ3v) is 8.39. The summed E-state index contributed by atoms with van der Waals surface area (Å²) in [6, 6.07) is 9.70. The molecule has 2 aromatic rings. The van der Waals surface area contributed by atoms with Crippen molar-refractivity contribution in [3.63, 3.8) is 0 Å². The van der Waals surface area contributed by atoms with Crippen molar-refractivity contribution >= 4 is 23.1 Å². The van der Waals surface area contributed by atoms with Gasteiger partial charge >= 0.3 is 0 Å². The predicted octanol–water partition coefficient (Wildman–Crippen LogP) is 6.54. The van der Waals surface area contributed by atoms with E-state index in [4.69, 9.17) is 4.98 Å². The highest BCUT2D eigenvalue weighted by atomic mass is 32.2. The van der Waals surface area contributed by atoms with Crippen LogP contribution in [0.5, 0.6) is 0 Å². The Morgan fingerprint density at radius 3 is 2.55 bits per heavy atom. The lowest BCUT2D eigenvalue weighted by molar-refractivity contribution is 0.143. The maximum atomic E-state index is 5.02. The number of aromatic nitrogens is 1. The number of unbranched alkanes of at least 4 members (excludes halogenated alkanes) is 3. The van der Waals surface area contributed by atoms with Crippen molar-refractivity contribution in [2.24, 2.45) is 0 Å². The van der Waals surface area contributed by atoms with Crippen molar-refractivity contribution in [2.45, 2.75) is 75.8 Å². The summed E-state index contributed by atoms with van der Waals surface area (Å²) in [5.41, 5.74) is 2.61. The molecule has 1 fully saturated rings. The summed E-state index contributed by atoms with van der Waals surface area (Å²) in [6.07, 6.45) is 9.01. The molecule has 0 aromatic carbocycles. The van der Waals surface area contributed by atoms with Crippen molar-refractivity contribution in [1.82, 2.24) is 14.8 Å². The lowest BCUT2D eigenvalue weighted by atomic mass is 10.0. The monoisotopic (exact) mass is 459 g/mol. The third-order valence-electron chi connectivity index (χ3n) is 6.39. The number of pyridine rings is 1. The highest BCUT2D eigenvalue weighted by molar-refractivity contribution is 7.99. The summed E-state index contributed by atoms with van der Waals surface area (Å²) in [4.78, 5) is 11.5. The molecule has 2 aromatic heterocycles. The Morgan fingerprint density at radius 1 is 1.10 bits per heavy atom. The maximum Gasteiger partial charge on any atom is 0.0998 e. The molecule has 5 heteroatoms. The van der Waals surface area contributed by atoms with Gasteiger partial charge in [0, 0.05) is 23.0 Å². The zero-order valence-electron chi connectivity index (χ0n) is 20.0. The molecule has 3 nitrogen and oxygen atoms in total. The smallest absolute Gasteiger partial charge is 0.0998 e. The van der Waals surface area contributed by atoms with Gasteiger partial charge in [0.15, 0.2) is 0 Å². The molecule has 1 aliphatic rings. The fourth-order valence-corrected chi connectivity index (χ4v) is 6.05. The molecule has 1 aliphatic heterocycles. The molecule has 0 saturated carbocycles. The van der Waals surface area contributed by atoms with Gasteiger partial charge in [0.05, 0.1) is 5.03 Å². The molecule has 0 radical (unpaired) electrons. The maximum absolute atomic E-state index is 5.02. The van der Waals surface area contributed by atoms with Crippen molar-refractivity contribution in [3.8, 4) is 0 Å². The predicted molar refractivity (Wildman–Crippen MR) is 138 cm³/mol. The number of likely N-dealkylation sites (tertiary alicyclic amines) is 1. The van der Waals surface area contributed by atoms with E-state index in [1.807, 2.05) is 23.1 Å². The number of hydrogen-bond acceptors (Lipinski definition) is 5. The first-order chi connectivity index (χ1) is 15.0. The van der Waals surface area contributed by atoms with Crippen LogP contribution in [0.2, 0.25) is 0 Å². The molecule has 3 heterocycles. The molecule has 31 heavy (non-hydrogen) atoms. The minimum atomic E-state index is 0.484. The van der Waals surface area contributed by atoms with Crippen LogP contribution in [0.3, 0.4) is 0 Å². The van der Waals surface area contributed by atoms with Gasteiger partial charge in [0.25, 0.3) is 0 Å². The lowest BCUT2D eigenvalue weighted by Crippen LogP contribution is -2.42. The molecular weight excluding hydrogens is 418 g/mol. The van der Waals surface area contributed by atoms with E-state index >= 15 is 0 Å². The summed E-state index contributed by atoms with van der Waals surface area (Å²) < 4.78 is 0. The van der Waals surface area contributed by atoms with Gasteiger partial charge in [0.2, 0.25) is 0 Å². The molecule has 172 valence electrons. The number of thiophene rings is 1. The molecule has 0 unspecified atom stereocenters. The first kappa shape index (κ1) is 24.8. The van der Waals surface area contributed by atoms with E-state index in [2.05, 4.69) is 67.4 Å². The fourth-order valence-electron chi connectivity index (χ4n) is 4.28. The summed E-state index contributed by atoms with van der Waals surface area (Å²) in [5.74, 6) is 1.66. The van der Waals surface area contributed by atoms with Crippen LogP contribution >= 0.6 is 23.1 Å². The Bertz CT molecular complexity index is 750. The minimum Gasteiger partial charge on any atom is -0.306 e. The van der Waals surface area contributed by atoms with Gasteiger partial charge in [-0.15, -0.1) is 23.1 Å². The average Bonchev–Trinajstić information content (AvgIpc) is 3.27. The molecular formula is C26H41N3S2. The fraction of sp³-hybridized carbons (Fsp3) is 0.654. The SMILES string of the molecule is CC(C)c1ccc(Cc2cccs2)c(SCCCCCCN2CCC(N(C)C)CC2)n1. The molecule has 0 N–H and O–H groups in total. The van der Waals surface area contributed by atoms with E-state index in [0.717, 1.165) is 12.5 Å². The van der Waals surface area contributed by atoms with E-state index in [0.29, 0.717) is 5.92 Å². The quantitative estimate of drug-likeness (QED) is 0.265. The van der Waals surface area contributed by atoms with Crippen molar-refractivity contribution in [1.29, 1.82) is 0 Å². The van der Waals surface area contributed by atoms with Gasteiger partial charge in [-0.05, 0) is 94.2 Å². The Balaban J connectivity index is 1.36. The second-order valence-corrected chi connectivity index (χ2v) is 11.5. The van der Waals surface area contributed by atoms with Crippen molar-refractivity contribution < 1.29 is 0 Å². The van der Waals surface area contributed by atoms with E-state index in [1.165, 1.54) is 85.1 Å². The minimum absolute atomic E-state index is 0.484. The summed E-state index contributed by atoms with van der Waals surface area (Å²) in [7, 11) is 4.44. The van der Waals surface area contributed by atoms with E-state index in [9.17, 15) is 0 Å². The van der Waals surface area contributed by atoms with Gasteiger partial charge in [-0.1, -0.05) is 38.8 Å². The number of thioether (sulfide) groups is 1. The van der Waals surface area contributed by atoms with Crippen LogP contribution in [0.25, 0.3) is 0 Å². The molecule has 0 spiro atoms. The lowest BCUT2D eigenvalue weighted by Gasteiger charge is -2.35. The van der Waals surface area contributed by atoms with Gasteiger partial charge in [-0.3, -0.25) is 0 Å². The molecule has 0 bridgehead atoms. The van der Waals surface area contributed by atoms with Crippen LogP contribution in [0, 0.1) is 0 Å². The van der Waals surface area contributed by atoms with Gasteiger partial charge in [0.1, 0.15) is 0 Å². The normalized spacial score (nSPS) is 15.9. The Hall–Kier alpha value is -0.880. The zero-order chi connectivity index (χ0) is 22.1. The van der Waals surface area contributed by atoms with Crippen LogP contribution in [-0.2, 0) is 6.42 Å². The number of rotatable bonds is 12. The third kappa shape index (κ3) is 8.20. The topological polar surface area (TPSA) is 19.4 Å². The van der Waals surface area contributed by atoms with Crippen LogP contribution in [0.15, 0.2) is 34.7 Å². The summed E-state index contributed by atoms with van der Waals surface area (Å²) in [5, 5.41) is 3.42. The second-order valence-electron chi connectivity index (χ2n) is 9.41. The number of piperidine rings is 1. The van der Waals surface area contributed by atoms with Gasteiger partial charge in [-0.25, -0.2) is 4.98 Å². The van der Waals surface area contributed by atoms with Gasteiger partial charge in [-0.2, -0.15) is 0 Å². The second kappa shape index (κ2) is 13.0. The summed E-state index contributed by atoms with van der Waals surface area (Å²) in [6.45, 7) is 8.32. The largest absolute Gasteiger partial charge is 0.306 e. The summed E-state index contributed by atoms with van der Waals surface area (Å²) >= 11 is 3.81.